The lowest BCUT2D eigenvalue weighted by Crippen LogP contribution is -2.29. The predicted molar refractivity (Wildman–Crippen MR) is 93.2 cm³/mol. The number of hydrogen-bond acceptors (Lipinski definition) is 5. The quantitative estimate of drug-likeness (QED) is 0.527. The molecule has 1 fully saturated rings. The highest BCUT2D eigenvalue weighted by molar-refractivity contribution is 7.98. The number of H-pyrrole nitrogens is 1. The number of urea groups is 1. The molecule has 0 atom stereocenters. The molecule has 0 aliphatic heterocycles. The molecule has 2 amide bonds. The highest BCUT2D eigenvalue weighted by atomic mass is 32.2. The number of nitrogens with zero attached hydrogens (tertiary/aromatic N) is 4. The molecule has 2 heterocycles. The Hall–Kier alpha value is -2.03. The van der Waals surface area contributed by atoms with E-state index in [1.165, 1.54) is 25.7 Å². The molecule has 0 aromatic carbocycles. The van der Waals surface area contributed by atoms with Gasteiger partial charge in [0.2, 0.25) is 0 Å². The van der Waals surface area contributed by atoms with Crippen molar-refractivity contribution in [3.05, 3.63) is 18.2 Å². The fraction of sp³-hybridized carbons (Fsp3) is 0.600. The summed E-state index contributed by atoms with van der Waals surface area (Å²) in [5.74, 6) is 1.03. The zero-order valence-electron chi connectivity index (χ0n) is 13.8. The summed E-state index contributed by atoms with van der Waals surface area (Å²) < 4.78 is 2.31. The molecule has 0 saturated heterocycles. The van der Waals surface area contributed by atoms with Crippen molar-refractivity contribution < 1.29 is 4.79 Å². The van der Waals surface area contributed by atoms with Crippen molar-refractivity contribution in [2.75, 3.05) is 18.1 Å². The standard InChI is InChI=1S/C15H23N7OS/c1-24-15-21-20-13(22(15)12-5-2-3-6-12)7-4-8-16-14(23)19-11-9-17-18-10-11/h9-10,12H,2-8H2,1H3,(H,17,18)(H2,16,19,23). The molecule has 0 spiro atoms. The largest absolute Gasteiger partial charge is 0.338 e. The van der Waals surface area contributed by atoms with Gasteiger partial charge in [0.25, 0.3) is 0 Å². The van der Waals surface area contributed by atoms with Crippen molar-refractivity contribution in [1.82, 2.24) is 30.3 Å². The summed E-state index contributed by atoms with van der Waals surface area (Å²) in [5, 5.41) is 21.7. The van der Waals surface area contributed by atoms with Crippen LogP contribution in [0, 0.1) is 0 Å². The van der Waals surface area contributed by atoms with Gasteiger partial charge in [-0.3, -0.25) is 5.10 Å². The number of rotatable bonds is 7. The van der Waals surface area contributed by atoms with Gasteiger partial charge >= 0.3 is 6.03 Å². The van der Waals surface area contributed by atoms with E-state index in [0.717, 1.165) is 23.8 Å². The van der Waals surface area contributed by atoms with Crippen LogP contribution in [0.3, 0.4) is 0 Å². The van der Waals surface area contributed by atoms with Gasteiger partial charge in [0, 0.05) is 25.2 Å². The normalized spacial score (nSPS) is 14.9. The van der Waals surface area contributed by atoms with Crippen LogP contribution in [-0.4, -0.2) is 43.8 Å². The van der Waals surface area contributed by atoms with Crippen molar-refractivity contribution in [3.63, 3.8) is 0 Å². The number of amides is 2. The zero-order valence-corrected chi connectivity index (χ0v) is 14.6. The Labute approximate surface area is 145 Å². The average molecular weight is 349 g/mol. The molecule has 9 heteroatoms. The monoisotopic (exact) mass is 349 g/mol. The first-order valence-corrected chi connectivity index (χ1v) is 9.52. The fourth-order valence-electron chi connectivity index (χ4n) is 3.09. The summed E-state index contributed by atoms with van der Waals surface area (Å²) in [4.78, 5) is 11.7. The third-order valence-electron chi connectivity index (χ3n) is 4.23. The van der Waals surface area contributed by atoms with E-state index in [9.17, 15) is 4.79 Å². The maximum Gasteiger partial charge on any atom is 0.319 e. The summed E-state index contributed by atoms with van der Waals surface area (Å²) in [5.41, 5.74) is 0.651. The number of thioether (sulfide) groups is 1. The Balaban J connectivity index is 1.48. The Morgan fingerprint density at radius 3 is 2.96 bits per heavy atom. The van der Waals surface area contributed by atoms with Crippen molar-refractivity contribution in [3.8, 4) is 0 Å². The third-order valence-corrected chi connectivity index (χ3v) is 4.87. The van der Waals surface area contributed by atoms with Crippen LogP contribution in [0.4, 0.5) is 10.5 Å². The van der Waals surface area contributed by atoms with Crippen LogP contribution in [0.5, 0.6) is 0 Å². The van der Waals surface area contributed by atoms with E-state index in [4.69, 9.17) is 0 Å². The summed E-state index contributed by atoms with van der Waals surface area (Å²) in [6, 6.07) is 0.313. The van der Waals surface area contributed by atoms with Gasteiger partial charge in [0.05, 0.1) is 11.9 Å². The fourth-order valence-corrected chi connectivity index (χ4v) is 3.66. The number of carbonyl (C=O) groups is 1. The van der Waals surface area contributed by atoms with Crippen LogP contribution in [0.1, 0.15) is 44.0 Å². The summed E-state index contributed by atoms with van der Waals surface area (Å²) in [6.45, 7) is 0.593. The topological polar surface area (TPSA) is 101 Å². The van der Waals surface area contributed by atoms with E-state index in [1.54, 1.807) is 24.2 Å². The first-order chi connectivity index (χ1) is 11.8. The van der Waals surface area contributed by atoms with Gasteiger partial charge in [-0.15, -0.1) is 10.2 Å². The molecule has 8 nitrogen and oxygen atoms in total. The molecular weight excluding hydrogens is 326 g/mol. The third kappa shape index (κ3) is 4.08. The molecule has 24 heavy (non-hydrogen) atoms. The van der Waals surface area contributed by atoms with Crippen LogP contribution in [0.15, 0.2) is 17.6 Å². The van der Waals surface area contributed by atoms with Crippen LogP contribution >= 0.6 is 11.8 Å². The second-order valence-electron chi connectivity index (χ2n) is 5.88. The summed E-state index contributed by atoms with van der Waals surface area (Å²) in [7, 11) is 0. The minimum Gasteiger partial charge on any atom is -0.338 e. The van der Waals surface area contributed by atoms with Crippen LogP contribution < -0.4 is 10.6 Å². The molecule has 3 rings (SSSR count). The van der Waals surface area contributed by atoms with E-state index >= 15 is 0 Å². The van der Waals surface area contributed by atoms with Gasteiger partial charge in [-0.2, -0.15) is 5.10 Å². The second-order valence-corrected chi connectivity index (χ2v) is 6.66. The molecule has 2 aromatic rings. The van der Waals surface area contributed by atoms with E-state index < -0.39 is 0 Å². The van der Waals surface area contributed by atoms with Gasteiger partial charge in [-0.1, -0.05) is 24.6 Å². The molecular formula is C15H23N7OS. The Morgan fingerprint density at radius 1 is 1.42 bits per heavy atom. The Morgan fingerprint density at radius 2 is 2.25 bits per heavy atom. The molecule has 0 radical (unpaired) electrons. The molecule has 130 valence electrons. The van der Waals surface area contributed by atoms with Crippen molar-refractivity contribution in [2.45, 2.75) is 49.7 Å². The van der Waals surface area contributed by atoms with Crippen LogP contribution in [0.2, 0.25) is 0 Å². The van der Waals surface area contributed by atoms with Crippen molar-refractivity contribution in [2.24, 2.45) is 0 Å². The number of aromatic nitrogens is 5. The maximum absolute atomic E-state index is 11.7. The second kappa shape index (κ2) is 8.18. The van der Waals surface area contributed by atoms with Crippen molar-refractivity contribution in [1.29, 1.82) is 0 Å². The first-order valence-electron chi connectivity index (χ1n) is 8.29. The Kier molecular flexibility index (Phi) is 5.73. The molecule has 1 aliphatic carbocycles. The highest BCUT2D eigenvalue weighted by Crippen LogP contribution is 2.33. The number of nitrogens with one attached hydrogen (secondary N) is 3. The van der Waals surface area contributed by atoms with E-state index in [1.807, 2.05) is 6.26 Å². The minimum absolute atomic E-state index is 0.224. The Bertz CT molecular complexity index is 649. The van der Waals surface area contributed by atoms with Crippen LogP contribution in [-0.2, 0) is 6.42 Å². The van der Waals surface area contributed by atoms with Gasteiger partial charge in [-0.25, -0.2) is 4.79 Å². The molecule has 0 bridgehead atoms. The molecule has 2 aromatic heterocycles. The summed E-state index contributed by atoms with van der Waals surface area (Å²) in [6.07, 6.45) is 11.9. The molecule has 1 aliphatic rings. The maximum atomic E-state index is 11.7. The smallest absolute Gasteiger partial charge is 0.319 e. The number of carbonyl (C=O) groups excluding carboxylic acids is 1. The average Bonchev–Trinajstić information content (AvgIpc) is 3.32. The van der Waals surface area contributed by atoms with Gasteiger partial charge in [0.15, 0.2) is 5.16 Å². The SMILES string of the molecule is CSc1nnc(CCCNC(=O)Nc2cn[nH]c2)n1C1CCCC1. The van der Waals surface area contributed by atoms with Gasteiger partial charge in [0.1, 0.15) is 5.82 Å². The zero-order chi connectivity index (χ0) is 16.8. The van der Waals surface area contributed by atoms with E-state index in [0.29, 0.717) is 18.3 Å². The molecule has 1 saturated carbocycles. The van der Waals surface area contributed by atoms with E-state index in [-0.39, 0.29) is 6.03 Å². The lowest BCUT2D eigenvalue weighted by Gasteiger charge is -2.16. The van der Waals surface area contributed by atoms with Crippen molar-refractivity contribution >= 4 is 23.5 Å². The summed E-state index contributed by atoms with van der Waals surface area (Å²) >= 11 is 1.65. The van der Waals surface area contributed by atoms with Crippen LogP contribution in [0.25, 0.3) is 0 Å². The number of aromatic amines is 1. The lowest BCUT2D eigenvalue weighted by atomic mass is 10.2. The van der Waals surface area contributed by atoms with Gasteiger partial charge < -0.3 is 15.2 Å². The number of aryl methyl sites for hydroxylation is 1. The highest BCUT2D eigenvalue weighted by Gasteiger charge is 2.23. The van der Waals surface area contributed by atoms with E-state index in [2.05, 4.69) is 35.6 Å². The number of anilines is 1. The predicted octanol–water partition coefficient (Wildman–Crippen LogP) is 2.59. The molecule has 3 N–H and O–H groups in total. The lowest BCUT2D eigenvalue weighted by molar-refractivity contribution is 0.252. The van der Waals surface area contributed by atoms with Gasteiger partial charge in [-0.05, 0) is 25.5 Å². The first kappa shape index (κ1) is 16.8. The number of hydrogen-bond donors (Lipinski definition) is 3. The molecule has 0 unspecified atom stereocenters. The minimum atomic E-state index is -0.224.